The molecule has 0 radical (unpaired) electrons. The second-order valence-corrected chi connectivity index (χ2v) is 8.55. The largest absolute Gasteiger partial charge is 0.511 e. The second kappa shape index (κ2) is 12.2. The van der Waals surface area contributed by atoms with E-state index in [1.807, 2.05) is 28.8 Å². The zero-order chi connectivity index (χ0) is 24.0. The number of hydrogen-bond acceptors (Lipinski definition) is 7. The molecule has 0 atom stereocenters. The Morgan fingerprint density at radius 1 is 1.06 bits per heavy atom. The van der Waals surface area contributed by atoms with Gasteiger partial charge >= 0.3 is 0 Å². The number of morpholine rings is 1. The number of nitrogens with zero attached hydrogens (tertiary/aromatic N) is 3. The lowest BCUT2D eigenvalue weighted by atomic mass is 9.97. The number of halogens is 1. The van der Waals surface area contributed by atoms with Crippen LogP contribution >= 0.6 is 12.4 Å². The molecule has 5 rings (SSSR count). The van der Waals surface area contributed by atoms with Gasteiger partial charge in [0.15, 0.2) is 0 Å². The van der Waals surface area contributed by atoms with E-state index in [0.29, 0.717) is 49.8 Å². The molecule has 192 valence electrons. The average molecular weight is 515 g/mol. The summed E-state index contributed by atoms with van der Waals surface area (Å²) in [6.07, 6.45) is 2.96. The van der Waals surface area contributed by atoms with Gasteiger partial charge in [-0.2, -0.15) is 0 Å². The Balaban J connectivity index is 0.00000304. The highest BCUT2D eigenvalue weighted by Gasteiger charge is 2.28. The number of hydrogen-bond donors (Lipinski definition) is 2. The van der Waals surface area contributed by atoms with Gasteiger partial charge in [0.25, 0.3) is 5.91 Å². The third kappa shape index (κ3) is 5.99. The molecular formula is C26H31ClN4O5. The molecule has 1 fully saturated rings. The number of imidazole rings is 1. The zero-order valence-corrected chi connectivity index (χ0v) is 20.8. The van der Waals surface area contributed by atoms with Crippen LogP contribution in [-0.4, -0.2) is 78.0 Å². The van der Waals surface area contributed by atoms with Gasteiger partial charge in [0.05, 0.1) is 32.1 Å². The predicted octanol–water partition coefficient (Wildman–Crippen LogP) is 3.34. The van der Waals surface area contributed by atoms with E-state index in [2.05, 4.69) is 15.2 Å². The number of ether oxygens (including phenoxy) is 3. The van der Waals surface area contributed by atoms with Gasteiger partial charge in [-0.05, 0) is 42.8 Å². The van der Waals surface area contributed by atoms with E-state index in [0.717, 1.165) is 44.2 Å². The molecule has 9 nitrogen and oxygen atoms in total. The number of rotatable bonds is 9. The molecule has 2 aromatic heterocycles. The van der Waals surface area contributed by atoms with Crippen molar-refractivity contribution in [3.05, 3.63) is 65.8 Å². The van der Waals surface area contributed by atoms with Gasteiger partial charge in [-0.1, -0.05) is 6.07 Å². The number of pyridine rings is 1. The molecule has 1 saturated heterocycles. The summed E-state index contributed by atoms with van der Waals surface area (Å²) in [5, 5.41) is 13.4. The van der Waals surface area contributed by atoms with Gasteiger partial charge in [-0.3, -0.25) is 9.69 Å². The van der Waals surface area contributed by atoms with E-state index < -0.39 is 0 Å². The lowest BCUT2D eigenvalue weighted by Gasteiger charge is -2.26. The number of carbonyl (C=O) groups excluding carboxylic acids is 1. The van der Waals surface area contributed by atoms with Crippen LogP contribution in [0.1, 0.15) is 17.8 Å². The minimum absolute atomic E-state index is 0. The Morgan fingerprint density at radius 2 is 1.86 bits per heavy atom. The Hall–Kier alpha value is -3.11. The summed E-state index contributed by atoms with van der Waals surface area (Å²) in [5.41, 5.74) is 3.05. The Bertz CT molecular complexity index is 1200. The van der Waals surface area contributed by atoms with Crippen molar-refractivity contribution >= 4 is 35.2 Å². The van der Waals surface area contributed by atoms with Gasteiger partial charge in [0.1, 0.15) is 35.0 Å². The van der Waals surface area contributed by atoms with E-state index in [9.17, 15) is 9.90 Å². The number of aliphatic hydroxyl groups is 1. The number of nitrogens with one attached hydrogen (secondary N) is 1. The highest BCUT2D eigenvalue weighted by molar-refractivity contribution is 6.26. The molecule has 0 unspecified atom stereocenters. The van der Waals surface area contributed by atoms with Crippen LogP contribution in [-0.2, 0) is 20.7 Å². The highest BCUT2D eigenvalue weighted by atomic mass is 35.5. The van der Waals surface area contributed by atoms with Crippen LogP contribution in [0.5, 0.6) is 5.75 Å². The smallest absolute Gasteiger partial charge is 0.261 e. The molecule has 1 aliphatic heterocycles. The number of aliphatic hydroxyl groups excluding tert-OH is 1. The molecule has 3 aromatic rings. The predicted molar refractivity (Wildman–Crippen MR) is 139 cm³/mol. The number of carbonyl (C=O) groups is 1. The molecule has 0 bridgehead atoms. The van der Waals surface area contributed by atoms with Crippen molar-refractivity contribution in [3.63, 3.8) is 0 Å². The summed E-state index contributed by atoms with van der Waals surface area (Å²) in [6, 6.07) is 12.9. The lowest BCUT2D eigenvalue weighted by molar-refractivity contribution is -0.111. The van der Waals surface area contributed by atoms with Crippen LogP contribution in [0.2, 0.25) is 0 Å². The molecule has 36 heavy (non-hydrogen) atoms. The third-order valence-electron chi connectivity index (χ3n) is 6.24. The summed E-state index contributed by atoms with van der Waals surface area (Å²) in [4.78, 5) is 20.0. The van der Waals surface area contributed by atoms with Gasteiger partial charge in [0, 0.05) is 37.9 Å². The van der Waals surface area contributed by atoms with E-state index in [1.165, 1.54) is 0 Å². The molecule has 10 heteroatoms. The lowest BCUT2D eigenvalue weighted by Crippen LogP contribution is -2.38. The van der Waals surface area contributed by atoms with Gasteiger partial charge in [-0.15, -0.1) is 12.4 Å². The van der Waals surface area contributed by atoms with E-state index in [4.69, 9.17) is 14.2 Å². The zero-order valence-electron chi connectivity index (χ0n) is 20.0. The molecule has 1 aliphatic carbocycles. The molecular weight excluding hydrogens is 484 g/mol. The van der Waals surface area contributed by atoms with Crippen LogP contribution in [0, 0.1) is 0 Å². The normalized spacial score (nSPS) is 15.9. The van der Waals surface area contributed by atoms with Crippen molar-refractivity contribution in [2.45, 2.75) is 12.8 Å². The van der Waals surface area contributed by atoms with Crippen molar-refractivity contribution in [1.82, 2.24) is 14.3 Å². The molecule has 0 saturated carbocycles. The summed E-state index contributed by atoms with van der Waals surface area (Å²) >= 11 is 0. The SMILES string of the molecule is Cl.O=C(Nc1ccc(OCCOCCN2CCOCC2)cc1)C1=C(O)CCc2c1nc1ccccn21. The number of aryl methyl sites for hydroxylation is 1. The average Bonchev–Trinajstić information content (AvgIpc) is 3.26. The molecule has 2 N–H and O–H groups in total. The number of allylic oxidation sites excluding steroid dienone is 1. The monoisotopic (exact) mass is 514 g/mol. The first-order valence-electron chi connectivity index (χ1n) is 12.0. The Labute approximate surface area is 216 Å². The maximum Gasteiger partial charge on any atom is 0.261 e. The minimum atomic E-state index is -0.380. The Kier molecular flexibility index (Phi) is 8.82. The molecule has 1 aromatic carbocycles. The number of anilines is 1. The maximum atomic E-state index is 13.1. The van der Waals surface area contributed by atoms with Gasteiger partial charge < -0.3 is 29.0 Å². The number of aromatic nitrogens is 2. The first-order valence-corrected chi connectivity index (χ1v) is 12.0. The number of fused-ring (bicyclic) bond motifs is 3. The van der Waals surface area contributed by atoms with E-state index in [1.54, 1.807) is 24.3 Å². The molecule has 0 spiro atoms. The second-order valence-electron chi connectivity index (χ2n) is 8.55. The first kappa shape index (κ1) is 26.0. The van der Waals surface area contributed by atoms with Crippen molar-refractivity contribution in [2.75, 3.05) is 58.0 Å². The summed E-state index contributed by atoms with van der Waals surface area (Å²) in [5.74, 6) is 0.378. The third-order valence-corrected chi connectivity index (χ3v) is 6.24. The van der Waals surface area contributed by atoms with Crippen LogP contribution in [0.4, 0.5) is 5.69 Å². The Morgan fingerprint density at radius 3 is 2.67 bits per heavy atom. The highest BCUT2D eigenvalue weighted by Crippen LogP contribution is 2.31. The fourth-order valence-corrected chi connectivity index (χ4v) is 4.39. The molecule has 3 heterocycles. The maximum absolute atomic E-state index is 13.1. The molecule has 2 aliphatic rings. The number of amides is 1. The van der Waals surface area contributed by atoms with Gasteiger partial charge in [0.2, 0.25) is 0 Å². The van der Waals surface area contributed by atoms with Crippen LogP contribution < -0.4 is 10.1 Å². The molecule has 1 amide bonds. The fourth-order valence-electron chi connectivity index (χ4n) is 4.39. The summed E-state index contributed by atoms with van der Waals surface area (Å²) in [7, 11) is 0. The topological polar surface area (TPSA) is 97.6 Å². The first-order chi connectivity index (χ1) is 17.2. The van der Waals surface area contributed by atoms with Crippen LogP contribution in [0.25, 0.3) is 11.2 Å². The summed E-state index contributed by atoms with van der Waals surface area (Å²) in [6.45, 7) is 6.04. The van der Waals surface area contributed by atoms with E-state index >= 15 is 0 Å². The minimum Gasteiger partial charge on any atom is -0.511 e. The van der Waals surface area contributed by atoms with Crippen molar-refractivity contribution < 1.29 is 24.1 Å². The van der Waals surface area contributed by atoms with Crippen molar-refractivity contribution in [3.8, 4) is 5.75 Å². The van der Waals surface area contributed by atoms with E-state index in [-0.39, 0.29) is 29.6 Å². The van der Waals surface area contributed by atoms with Crippen molar-refractivity contribution in [2.24, 2.45) is 0 Å². The fraction of sp³-hybridized carbons (Fsp3) is 0.385. The van der Waals surface area contributed by atoms with Crippen molar-refractivity contribution in [1.29, 1.82) is 0 Å². The van der Waals surface area contributed by atoms with Crippen LogP contribution in [0.15, 0.2) is 54.4 Å². The standard InChI is InChI=1S/C26H30N4O5.ClH/c31-22-9-8-21-25(28-23-3-1-2-10-30(21)23)24(22)26(32)27-19-4-6-20(7-5-19)35-18-17-34-16-13-29-11-14-33-15-12-29;/h1-7,10,31H,8-9,11-18H2,(H,27,32);1H. The number of benzene rings is 1. The summed E-state index contributed by atoms with van der Waals surface area (Å²) < 4.78 is 18.7. The van der Waals surface area contributed by atoms with Crippen LogP contribution in [0.3, 0.4) is 0 Å². The quantitative estimate of drug-likeness (QED) is 0.423. The van der Waals surface area contributed by atoms with Gasteiger partial charge in [-0.25, -0.2) is 4.98 Å².